The maximum absolute atomic E-state index is 13.5. The SMILES string of the molecule is CC(N)C(=O)N(C)C(C)c1cc(F)ccc1F. The summed E-state index contributed by atoms with van der Waals surface area (Å²) in [4.78, 5) is 12.9. The highest BCUT2D eigenvalue weighted by atomic mass is 19.1. The highest BCUT2D eigenvalue weighted by molar-refractivity contribution is 5.81. The second kappa shape index (κ2) is 5.23. The topological polar surface area (TPSA) is 46.3 Å². The summed E-state index contributed by atoms with van der Waals surface area (Å²) in [6, 6.07) is 1.94. The van der Waals surface area contributed by atoms with Gasteiger partial charge in [-0.3, -0.25) is 4.79 Å². The maximum atomic E-state index is 13.5. The van der Waals surface area contributed by atoms with Gasteiger partial charge in [0.2, 0.25) is 5.91 Å². The minimum atomic E-state index is -0.668. The molecule has 94 valence electrons. The summed E-state index contributed by atoms with van der Waals surface area (Å²) in [5, 5.41) is 0. The number of rotatable bonds is 3. The molecule has 0 bridgehead atoms. The summed E-state index contributed by atoms with van der Waals surface area (Å²) in [6.45, 7) is 3.17. The van der Waals surface area contributed by atoms with E-state index in [0.29, 0.717) is 0 Å². The molecule has 0 saturated heterocycles. The molecule has 1 aromatic rings. The van der Waals surface area contributed by atoms with Crippen LogP contribution in [-0.2, 0) is 4.79 Å². The fraction of sp³-hybridized carbons (Fsp3) is 0.417. The lowest BCUT2D eigenvalue weighted by Gasteiger charge is -2.27. The van der Waals surface area contributed by atoms with Crippen molar-refractivity contribution < 1.29 is 13.6 Å². The fourth-order valence-corrected chi connectivity index (χ4v) is 1.56. The van der Waals surface area contributed by atoms with Crippen LogP contribution in [0.25, 0.3) is 0 Å². The number of carbonyl (C=O) groups is 1. The Morgan fingerprint density at radius 1 is 1.35 bits per heavy atom. The van der Waals surface area contributed by atoms with Crippen molar-refractivity contribution in [1.82, 2.24) is 4.90 Å². The summed E-state index contributed by atoms with van der Waals surface area (Å²) in [7, 11) is 1.51. The molecule has 0 fully saturated rings. The van der Waals surface area contributed by atoms with E-state index in [-0.39, 0.29) is 11.5 Å². The molecule has 3 nitrogen and oxygen atoms in total. The molecule has 1 rings (SSSR count). The average molecular weight is 242 g/mol. The normalized spacial score (nSPS) is 14.2. The molecule has 0 aliphatic carbocycles. The third-order valence-corrected chi connectivity index (χ3v) is 2.73. The zero-order valence-electron chi connectivity index (χ0n) is 10.1. The third-order valence-electron chi connectivity index (χ3n) is 2.73. The quantitative estimate of drug-likeness (QED) is 0.879. The number of halogens is 2. The second-order valence-electron chi connectivity index (χ2n) is 4.08. The van der Waals surface area contributed by atoms with E-state index in [0.717, 1.165) is 18.2 Å². The lowest BCUT2D eigenvalue weighted by molar-refractivity contribution is -0.132. The molecule has 0 radical (unpaired) electrons. The van der Waals surface area contributed by atoms with E-state index >= 15 is 0 Å². The van der Waals surface area contributed by atoms with Crippen molar-refractivity contribution in [3.05, 3.63) is 35.4 Å². The standard InChI is InChI=1S/C12H16F2N2O/c1-7(15)12(17)16(3)8(2)10-6-9(13)4-5-11(10)14/h4-8H,15H2,1-3H3. The molecule has 0 spiro atoms. The number of likely N-dealkylation sites (N-methyl/N-ethyl adjacent to an activating group) is 1. The van der Waals surface area contributed by atoms with Crippen LogP contribution in [0.15, 0.2) is 18.2 Å². The molecule has 2 N–H and O–H groups in total. The van der Waals surface area contributed by atoms with Gasteiger partial charge in [0.05, 0.1) is 12.1 Å². The summed E-state index contributed by atoms with van der Waals surface area (Å²) in [5.41, 5.74) is 5.60. The number of hydrogen-bond donors (Lipinski definition) is 1. The van der Waals surface area contributed by atoms with E-state index in [2.05, 4.69) is 0 Å². The molecule has 0 aliphatic rings. The van der Waals surface area contributed by atoms with Gasteiger partial charge in [-0.15, -0.1) is 0 Å². The van der Waals surface area contributed by atoms with Gasteiger partial charge in [0.25, 0.3) is 0 Å². The predicted molar refractivity (Wildman–Crippen MR) is 61.2 cm³/mol. The molecule has 17 heavy (non-hydrogen) atoms. The number of hydrogen-bond acceptors (Lipinski definition) is 2. The van der Waals surface area contributed by atoms with Crippen LogP contribution in [0.2, 0.25) is 0 Å². The van der Waals surface area contributed by atoms with Crippen molar-refractivity contribution in [1.29, 1.82) is 0 Å². The number of benzene rings is 1. The first-order chi connectivity index (χ1) is 7.84. The predicted octanol–water partition coefficient (Wildman–Crippen LogP) is 1.83. The van der Waals surface area contributed by atoms with E-state index in [1.807, 2.05) is 0 Å². The summed E-state index contributed by atoms with van der Waals surface area (Å²) in [5.74, 6) is -1.39. The fourth-order valence-electron chi connectivity index (χ4n) is 1.56. The number of nitrogens with two attached hydrogens (primary N) is 1. The summed E-state index contributed by atoms with van der Waals surface area (Å²) in [6.07, 6.45) is 0. The van der Waals surface area contributed by atoms with Crippen LogP contribution in [-0.4, -0.2) is 23.9 Å². The maximum Gasteiger partial charge on any atom is 0.239 e. The Kier molecular flexibility index (Phi) is 4.17. The van der Waals surface area contributed by atoms with Crippen molar-refractivity contribution in [2.24, 2.45) is 5.73 Å². The second-order valence-corrected chi connectivity index (χ2v) is 4.08. The molecule has 0 aromatic heterocycles. The van der Waals surface area contributed by atoms with E-state index in [1.54, 1.807) is 13.8 Å². The van der Waals surface area contributed by atoms with Crippen LogP contribution < -0.4 is 5.73 Å². The zero-order valence-corrected chi connectivity index (χ0v) is 10.1. The van der Waals surface area contributed by atoms with Crippen LogP contribution in [0.5, 0.6) is 0 Å². The van der Waals surface area contributed by atoms with Crippen molar-refractivity contribution in [2.75, 3.05) is 7.05 Å². The first-order valence-electron chi connectivity index (χ1n) is 5.31. The van der Waals surface area contributed by atoms with E-state index in [1.165, 1.54) is 11.9 Å². The lowest BCUT2D eigenvalue weighted by atomic mass is 10.1. The van der Waals surface area contributed by atoms with E-state index < -0.39 is 23.7 Å². The Labute approximate surface area is 99.2 Å². The monoisotopic (exact) mass is 242 g/mol. The largest absolute Gasteiger partial charge is 0.338 e. The van der Waals surface area contributed by atoms with Crippen molar-refractivity contribution >= 4 is 5.91 Å². The molecular weight excluding hydrogens is 226 g/mol. The van der Waals surface area contributed by atoms with Gasteiger partial charge in [0.1, 0.15) is 11.6 Å². The molecule has 1 aromatic carbocycles. The van der Waals surface area contributed by atoms with Crippen LogP contribution in [0, 0.1) is 11.6 Å². The Hall–Kier alpha value is -1.49. The Morgan fingerprint density at radius 2 is 1.94 bits per heavy atom. The first-order valence-corrected chi connectivity index (χ1v) is 5.31. The van der Waals surface area contributed by atoms with E-state index in [4.69, 9.17) is 5.73 Å². The van der Waals surface area contributed by atoms with Gasteiger partial charge < -0.3 is 10.6 Å². The molecule has 0 heterocycles. The van der Waals surface area contributed by atoms with Gasteiger partial charge >= 0.3 is 0 Å². The van der Waals surface area contributed by atoms with Gasteiger partial charge in [-0.25, -0.2) is 8.78 Å². The molecule has 2 unspecified atom stereocenters. The van der Waals surface area contributed by atoms with Gasteiger partial charge in [0.15, 0.2) is 0 Å². The van der Waals surface area contributed by atoms with E-state index in [9.17, 15) is 13.6 Å². The third kappa shape index (κ3) is 3.00. The van der Waals surface area contributed by atoms with Crippen LogP contribution in [0.4, 0.5) is 8.78 Å². The molecule has 1 amide bonds. The number of carbonyl (C=O) groups excluding carboxylic acids is 1. The Balaban J connectivity index is 2.99. The minimum Gasteiger partial charge on any atom is -0.338 e. The number of amides is 1. The van der Waals surface area contributed by atoms with Gasteiger partial charge in [-0.2, -0.15) is 0 Å². The first kappa shape index (κ1) is 13.6. The highest BCUT2D eigenvalue weighted by Gasteiger charge is 2.22. The van der Waals surface area contributed by atoms with Gasteiger partial charge in [-0.05, 0) is 32.0 Å². The molecule has 5 heteroatoms. The van der Waals surface area contributed by atoms with Crippen LogP contribution in [0.3, 0.4) is 0 Å². The minimum absolute atomic E-state index is 0.140. The Bertz CT molecular complexity index is 421. The zero-order chi connectivity index (χ0) is 13.2. The molecule has 2 atom stereocenters. The smallest absolute Gasteiger partial charge is 0.239 e. The van der Waals surface area contributed by atoms with Crippen molar-refractivity contribution in [2.45, 2.75) is 25.9 Å². The van der Waals surface area contributed by atoms with Gasteiger partial charge in [-0.1, -0.05) is 0 Å². The van der Waals surface area contributed by atoms with Crippen molar-refractivity contribution in [3.8, 4) is 0 Å². The Morgan fingerprint density at radius 3 is 2.47 bits per heavy atom. The van der Waals surface area contributed by atoms with Crippen LogP contribution >= 0.6 is 0 Å². The molecule has 0 aliphatic heterocycles. The van der Waals surface area contributed by atoms with Gasteiger partial charge in [0, 0.05) is 12.6 Å². The lowest BCUT2D eigenvalue weighted by Crippen LogP contribution is -2.41. The molecular formula is C12H16F2N2O. The molecule has 0 saturated carbocycles. The van der Waals surface area contributed by atoms with Crippen LogP contribution in [0.1, 0.15) is 25.5 Å². The van der Waals surface area contributed by atoms with Crippen molar-refractivity contribution in [3.63, 3.8) is 0 Å². The summed E-state index contributed by atoms with van der Waals surface area (Å²) < 4.78 is 26.5. The summed E-state index contributed by atoms with van der Waals surface area (Å²) >= 11 is 0. The average Bonchev–Trinajstić information content (AvgIpc) is 2.29. The highest BCUT2D eigenvalue weighted by Crippen LogP contribution is 2.23. The number of nitrogens with zero attached hydrogens (tertiary/aromatic N) is 1.